The molecule has 1 nitrogen and oxygen atoms in total. The average molecular weight is 586 g/mol. The van der Waals surface area contributed by atoms with Crippen molar-refractivity contribution >= 4 is 54.1 Å². The zero-order valence-electron chi connectivity index (χ0n) is 25.9. The number of hydrogen-bond donors (Lipinski definition) is 0. The van der Waals surface area contributed by atoms with Gasteiger partial charge in [-0.3, -0.25) is 0 Å². The maximum atomic E-state index is 2.47. The van der Waals surface area contributed by atoms with Crippen molar-refractivity contribution in [3.63, 3.8) is 0 Å². The third-order valence-corrected chi connectivity index (χ3v) is 10.6. The molecule has 0 amide bonds. The zero-order chi connectivity index (χ0) is 30.6. The number of fused-ring (bicyclic) bond motifs is 12. The molecule has 10 rings (SSSR count). The van der Waals surface area contributed by atoms with Crippen molar-refractivity contribution in [2.45, 2.75) is 19.3 Å². The van der Waals surface area contributed by atoms with Gasteiger partial charge in [0.2, 0.25) is 0 Å². The second kappa shape index (κ2) is 9.19. The van der Waals surface area contributed by atoms with Crippen LogP contribution in [0.2, 0.25) is 0 Å². The summed E-state index contributed by atoms with van der Waals surface area (Å²) >= 11 is 0. The molecule has 9 aromatic rings. The number of nitrogens with zero attached hydrogens (tertiary/aromatic N) is 1. The van der Waals surface area contributed by atoms with Gasteiger partial charge in [-0.2, -0.15) is 0 Å². The van der Waals surface area contributed by atoms with Gasteiger partial charge in [-0.05, 0) is 108 Å². The topological polar surface area (TPSA) is 4.93 Å². The highest BCUT2D eigenvalue weighted by molar-refractivity contribution is 6.25. The molecule has 0 unspecified atom stereocenters. The largest absolute Gasteiger partial charge is 0.309 e. The lowest BCUT2D eigenvalue weighted by atomic mass is 9.81. The molecule has 0 spiro atoms. The Hall–Kier alpha value is -5.66. The Labute approximate surface area is 268 Å². The first-order valence-electron chi connectivity index (χ1n) is 16.2. The molecule has 1 aliphatic carbocycles. The van der Waals surface area contributed by atoms with Crippen LogP contribution < -0.4 is 0 Å². The summed E-state index contributed by atoms with van der Waals surface area (Å²) in [5.74, 6) is 0. The highest BCUT2D eigenvalue weighted by Gasteiger charge is 2.36. The summed E-state index contributed by atoms with van der Waals surface area (Å²) < 4.78 is 2.42. The van der Waals surface area contributed by atoms with E-state index in [1.165, 1.54) is 93.2 Å². The van der Waals surface area contributed by atoms with Gasteiger partial charge in [-0.25, -0.2) is 0 Å². The molecular formula is C45H31N. The maximum Gasteiger partial charge on any atom is 0.0547 e. The van der Waals surface area contributed by atoms with Crippen molar-refractivity contribution in [3.8, 4) is 27.9 Å². The normalized spacial score (nSPS) is 13.6. The molecule has 1 aliphatic rings. The molecule has 1 heteroatoms. The minimum atomic E-state index is -0.120. The number of rotatable bonds is 2. The standard InChI is InChI=1S/C45H31N/c1-45(2)41-25-29(28-20-22-35-33-16-7-6-14-31(33)32-15-8-9-17-34(32)38(35)24-28)21-23-36(41)39-27-44-40(26-42(39)45)37-18-10-11-19-43(37)46(44)30-12-4-3-5-13-30/h3-27H,1-2H3. The van der Waals surface area contributed by atoms with Gasteiger partial charge < -0.3 is 4.57 Å². The van der Waals surface area contributed by atoms with Gasteiger partial charge in [0.05, 0.1) is 11.0 Å². The lowest BCUT2D eigenvalue weighted by molar-refractivity contribution is 0.661. The molecule has 216 valence electrons. The average Bonchev–Trinajstić information content (AvgIpc) is 3.55. The van der Waals surface area contributed by atoms with Crippen molar-refractivity contribution < 1.29 is 0 Å². The first kappa shape index (κ1) is 25.6. The van der Waals surface area contributed by atoms with Crippen LogP contribution in [0.5, 0.6) is 0 Å². The molecule has 0 N–H and O–H groups in total. The van der Waals surface area contributed by atoms with Crippen molar-refractivity contribution in [1.82, 2.24) is 4.57 Å². The Balaban J connectivity index is 1.18. The number of benzene rings is 8. The Morgan fingerprint density at radius 2 is 0.913 bits per heavy atom. The SMILES string of the molecule is CC1(C)c2cc(-c3ccc4c5ccccc5c5ccccc5c4c3)ccc2-c2cc3c(cc21)c1ccccc1n3-c1ccccc1. The summed E-state index contributed by atoms with van der Waals surface area (Å²) in [6.45, 7) is 4.79. The van der Waals surface area contributed by atoms with Crippen LogP contribution >= 0.6 is 0 Å². The van der Waals surface area contributed by atoms with Crippen molar-refractivity contribution in [2.75, 3.05) is 0 Å². The predicted octanol–water partition coefficient (Wildman–Crippen LogP) is 12.2. The molecule has 0 atom stereocenters. The molecule has 8 aromatic carbocycles. The van der Waals surface area contributed by atoms with Crippen LogP contribution in [-0.2, 0) is 5.41 Å². The molecule has 0 saturated heterocycles. The Kier molecular flexibility index (Phi) is 5.12. The summed E-state index contributed by atoms with van der Waals surface area (Å²) in [5.41, 5.74) is 11.6. The molecule has 1 heterocycles. The lowest BCUT2D eigenvalue weighted by Gasteiger charge is -2.22. The number of aromatic nitrogens is 1. The third kappa shape index (κ3) is 3.40. The Morgan fingerprint density at radius 1 is 0.370 bits per heavy atom. The summed E-state index contributed by atoms with van der Waals surface area (Å²) in [6, 6.07) is 56.3. The molecule has 0 fully saturated rings. The van der Waals surface area contributed by atoms with Crippen molar-refractivity contribution in [1.29, 1.82) is 0 Å². The highest BCUT2D eigenvalue weighted by atomic mass is 15.0. The smallest absolute Gasteiger partial charge is 0.0547 e. The van der Waals surface area contributed by atoms with Crippen LogP contribution in [0.4, 0.5) is 0 Å². The van der Waals surface area contributed by atoms with E-state index in [2.05, 4.69) is 170 Å². The summed E-state index contributed by atoms with van der Waals surface area (Å²) in [7, 11) is 0. The van der Waals surface area contributed by atoms with Crippen LogP contribution in [0, 0.1) is 0 Å². The van der Waals surface area contributed by atoms with Gasteiger partial charge in [0.15, 0.2) is 0 Å². The van der Waals surface area contributed by atoms with Crippen molar-refractivity contribution in [2.24, 2.45) is 0 Å². The summed E-state index contributed by atoms with van der Waals surface area (Å²) in [4.78, 5) is 0. The fourth-order valence-corrected chi connectivity index (χ4v) is 8.32. The monoisotopic (exact) mass is 585 g/mol. The van der Waals surface area contributed by atoms with E-state index in [1.54, 1.807) is 0 Å². The van der Waals surface area contributed by atoms with E-state index in [9.17, 15) is 0 Å². The van der Waals surface area contributed by atoms with Gasteiger partial charge in [0.1, 0.15) is 0 Å². The second-order valence-corrected chi connectivity index (χ2v) is 13.3. The molecule has 0 saturated carbocycles. The minimum Gasteiger partial charge on any atom is -0.309 e. The van der Waals surface area contributed by atoms with Gasteiger partial charge in [0, 0.05) is 21.9 Å². The van der Waals surface area contributed by atoms with E-state index in [1.807, 2.05) is 0 Å². The lowest BCUT2D eigenvalue weighted by Crippen LogP contribution is -2.15. The Bertz CT molecular complexity index is 2670. The fourth-order valence-electron chi connectivity index (χ4n) is 8.32. The predicted molar refractivity (Wildman–Crippen MR) is 196 cm³/mol. The van der Waals surface area contributed by atoms with E-state index in [4.69, 9.17) is 0 Å². The zero-order valence-corrected chi connectivity index (χ0v) is 25.9. The van der Waals surface area contributed by atoms with Crippen LogP contribution in [0.25, 0.3) is 82.1 Å². The first-order valence-corrected chi connectivity index (χ1v) is 16.2. The third-order valence-electron chi connectivity index (χ3n) is 10.6. The van der Waals surface area contributed by atoms with Crippen LogP contribution in [0.15, 0.2) is 152 Å². The Morgan fingerprint density at radius 3 is 1.63 bits per heavy atom. The first-order chi connectivity index (χ1) is 22.6. The van der Waals surface area contributed by atoms with Crippen LogP contribution in [0.1, 0.15) is 25.0 Å². The molecule has 1 aromatic heterocycles. The van der Waals surface area contributed by atoms with Crippen LogP contribution in [0.3, 0.4) is 0 Å². The number of para-hydroxylation sites is 2. The van der Waals surface area contributed by atoms with E-state index in [0.717, 1.165) is 0 Å². The van der Waals surface area contributed by atoms with Gasteiger partial charge >= 0.3 is 0 Å². The summed E-state index contributed by atoms with van der Waals surface area (Å²) in [6.07, 6.45) is 0. The van der Waals surface area contributed by atoms with Gasteiger partial charge in [-0.15, -0.1) is 0 Å². The molecule has 0 aliphatic heterocycles. The van der Waals surface area contributed by atoms with E-state index >= 15 is 0 Å². The molecular weight excluding hydrogens is 555 g/mol. The van der Waals surface area contributed by atoms with Crippen molar-refractivity contribution in [3.05, 3.63) is 163 Å². The quantitative estimate of drug-likeness (QED) is 0.178. The maximum absolute atomic E-state index is 2.47. The fraction of sp³-hybridized carbons (Fsp3) is 0.0667. The van der Waals surface area contributed by atoms with Gasteiger partial charge in [0.25, 0.3) is 0 Å². The van der Waals surface area contributed by atoms with E-state index < -0.39 is 0 Å². The van der Waals surface area contributed by atoms with E-state index in [-0.39, 0.29) is 5.41 Å². The number of hydrogen-bond acceptors (Lipinski definition) is 0. The molecule has 46 heavy (non-hydrogen) atoms. The van der Waals surface area contributed by atoms with E-state index in [0.29, 0.717) is 0 Å². The minimum absolute atomic E-state index is 0.120. The summed E-state index contributed by atoms with van der Waals surface area (Å²) in [5, 5.41) is 10.5. The molecule has 0 radical (unpaired) electrons. The molecule has 0 bridgehead atoms. The second-order valence-electron chi connectivity index (χ2n) is 13.3. The van der Waals surface area contributed by atoms with Crippen LogP contribution in [-0.4, -0.2) is 4.57 Å². The highest BCUT2D eigenvalue weighted by Crippen LogP contribution is 2.52. The van der Waals surface area contributed by atoms with Gasteiger partial charge in [-0.1, -0.05) is 123 Å².